The van der Waals surface area contributed by atoms with Crippen LogP contribution in [0.2, 0.25) is 0 Å². The van der Waals surface area contributed by atoms with Crippen molar-refractivity contribution in [1.82, 2.24) is 4.90 Å². The van der Waals surface area contributed by atoms with Crippen molar-refractivity contribution in [3.63, 3.8) is 0 Å². The lowest BCUT2D eigenvalue weighted by Gasteiger charge is -2.35. The lowest BCUT2D eigenvalue weighted by molar-refractivity contribution is -0.145. The standard InChI is InChI=1S/C18H25NO3/c20-17(21)15-7-9-18(22,10-8-15)16-5-3-14(4-6-16)13-19-11-1-2-12-19/h3-6,15,22H,1-2,7-13H2,(H,20,21). The average Bonchev–Trinajstić information content (AvgIpc) is 3.01. The van der Waals surface area contributed by atoms with E-state index < -0.39 is 11.6 Å². The van der Waals surface area contributed by atoms with Crippen LogP contribution in [-0.2, 0) is 16.9 Å². The van der Waals surface area contributed by atoms with Gasteiger partial charge in [-0.05, 0) is 62.7 Å². The highest BCUT2D eigenvalue weighted by molar-refractivity contribution is 5.70. The van der Waals surface area contributed by atoms with Gasteiger partial charge in [0.05, 0.1) is 11.5 Å². The highest BCUT2D eigenvalue weighted by Gasteiger charge is 2.36. The third-order valence-corrected chi connectivity index (χ3v) is 5.26. The molecule has 1 saturated heterocycles. The topological polar surface area (TPSA) is 60.8 Å². The molecule has 1 aromatic carbocycles. The lowest BCUT2D eigenvalue weighted by atomic mass is 9.75. The minimum atomic E-state index is -0.849. The number of rotatable bonds is 4. The first-order valence-corrected chi connectivity index (χ1v) is 8.34. The summed E-state index contributed by atoms with van der Waals surface area (Å²) in [6.45, 7) is 3.35. The molecule has 1 aliphatic heterocycles. The molecular formula is C18H25NO3. The highest BCUT2D eigenvalue weighted by atomic mass is 16.4. The first-order chi connectivity index (χ1) is 10.6. The van der Waals surface area contributed by atoms with E-state index >= 15 is 0 Å². The van der Waals surface area contributed by atoms with Crippen molar-refractivity contribution in [2.45, 2.75) is 50.7 Å². The van der Waals surface area contributed by atoms with Crippen molar-refractivity contribution in [3.8, 4) is 0 Å². The molecule has 22 heavy (non-hydrogen) atoms. The molecule has 4 heteroatoms. The number of benzene rings is 1. The van der Waals surface area contributed by atoms with E-state index in [1.807, 2.05) is 12.1 Å². The molecule has 120 valence electrons. The van der Waals surface area contributed by atoms with Crippen molar-refractivity contribution in [2.24, 2.45) is 5.92 Å². The van der Waals surface area contributed by atoms with Crippen LogP contribution in [0.5, 0.6) is 0 Å². The third kappa shape index (κ3) is 3.33. The largest absolute Gasteiger partial charge is 0.481 e. The van der Waals surface area contributed by atoms with Gasteiger partial charge in [0.15, 0.2) is 0 Å². The van der Waals surface area contributed by atoms with E-state index in [-0.39, 0.29) is 5.92 Å². The van der Waals surface area contributed by atoms with Crippen LogP contribution in [0.4, 0.5) is 0 Å². The van der Waals surface area contributed by atoms with Gasteiger partial charge in [-0.1, -0.05) is 24.3 Å². The fourth-order valence-corrected chi connectivity index (χ4v) is 3.75. The van der Waals surface area contributed by atoms with Crippen molar-refractivity contribution < 1.29 is 15.0 Å². The van der Waals surface area contributed by atoms with Crippen molar-refractivity contribution in [1.29, 1.82) is 0 Å². The van der Waals surface area contributed by atoms with Gasteiger partial charge in [0.1, 0.15) is 0 Å². The van der Waals surface area contributed by atoms with Crippen molar-refractivity contribution in [2.75, 3.05) is 13.1 Å². The van der Waals surface area contributed by atoms with Gasteiger partial charge in [0, 0.05) is 6.54 Å². The molecule has 2 fully saturated rings. The summed E-state index contributed by atoms with van der Waals surface area (Å²) in [6, 6.07) is 8.25. The Morgan fingerprint density at radius 1 is 1.14 bits per heavy atom. The van der Waals surface area contributed by atoms with Gasteiger partial charge in [-0.2, -0.15) is 0 Å². The second kappa shape index (κ2) is 6.39. The Kier molecular flexibility index (Phi) is 4.50. The Labute approximate surface area is 131 Å². The summed E-state index contributed by atoms with van der Waals surface area (Å²) in [6.07, 6.45) is 4.78. The molecule has 3 rings (SSSR count). The summed E-state index contributed by atoms with van der Waals surface area (Å²) < 4.78 is 0. The van der Waals surface area contributed by atoms with Gasteiger partial charge < -0.3 is 10.2 Å². The van der Waals surface area contributed by atoms with Gasteiger partial charge >= 0.3 is 5.97 Å². The second-order valence-electron chi connectivity index (χ2n) is 6.82. The highest BCUT2D eigenvalue weighted by Crippen LogP contribution is 2.39. The third-order valence-electron chi connectivity index (χ3n) is 5.26. The molecule has 0 unspecified atom stereocenters. The summed E-state index contributed by atoms with van der Waals surface area (Å²) in [5.41, 5.74) is 1.37. The van der Waals surface area contributed by atoms with Crippen LogP contribution in [0.3, 0.4) is 0 Å². The number of carboxylic acid groups (broad SMARTS) is 1. The maximum absolute atomic E-state index is 11.0. The summed E-state index contributed by atoms with van der Waals surface area (Å²) in [5, 5.41) is 19.9. The molecule has 1 aromatic rings. The van der Waals surface area contributed by atoms with Crippen LogP contribution in [0.25, 0.3) is 0 Å². The zero-order chi connectivity index (χ0) is 15.6. The number of nitrogens with zero attached hydrogens (tertiary/aromatic N) is 1. The normalized spacial score (nSPS) is 29.6. The predicted molar refractivity (Wildman–Crippen MR) is 84.4 cm³/mol. The maximum atomic E-state index is 11.0. The Morgan fingerprint density at radius 3 is 2.27 bits per heavy atom. The molecule has 0 bridgehead atoms. The Balaban J connectivity index is 1.63. The number of hydrogen-bond donors (Lipinski definition) is 2. The zero-order valence-electron chi connectivity index (χ0n) is 13.0. The molecule has 2 N–H and O–H groups in total. The van der Waals surface area contributed by atoms with Crippen LogP contribution in [0.1, 0.15) is 49.7 Å². The van der Waals surface area contributed by atoms with Crippen LogP contribution in [-0.4, -0.2) is 34.2 Å². The minimum Gasteiger partial charge on any atom is -0.481 e. The molecular weight excluding hydrogens is 278 g/mol. The van der Waals surface area contributed by atoms with Crippen LogP contribution >= 0.6 is 0 Å². The Hall–Kier alpha value is -1.39. The second-order valence-corrected chi connectivity index (χ2v) is 6.82. The average molecular weight is 303 g/mol. The molecule has 0 radical (unpaired) electrons. The molecule has 1 aliphatic carbocycles. The molecule has 1 heterocycles. The molecule has 4 nitrogen and oxygen atoms in total. The van der Waals surface area contributed by atoms with Crippen molar-refractivity contribution in [3.05, 3.63) is 35.4 Å². The van der Waals surface area contributed by atoms with E-state index in [0.29, 0.717) is 25.7 Å². The van der Waals surface area contributed by atoms with E-state index in [0.717, 1.165) is 12.1 Å². The Morgan fingerprint density at radius 2 is 1.73 bits per heavy atom. The monoisotopic (exact) mass is 303 g/mol. The SMILES string of the molecule is O=C(O)C1CCC(O)(c2ccc(CN3CCCC3)cc2)CC1. The fourth-order valence-electron chi connectivity index (χ4n) is 3.75. The van der Waals surface area contributed by atoms with E-state index in [1.54, 1.807) is 0 Å². The fraction of sp³-hybridized carbons (Fsp3) is 0.611. The van der Waals surface area contributed by atoms with Crippen LogP contribution in [0.15, 0.2) is 24.3 Å². The zero-order valence-corrected chi connectivity index (χ0v) is 13.0. The van der Waals surface area contributed by atoms with Crippen LogP contribution < -0.4 is 0 Å². The van der Waals surface area contributed by atoms with Gasteiger partial charge in [-0.3, -0.25) is 9.69 Å². The summed E-state index contributed by atoms with van der Waals surface area (Å²) in [7, 11) is 0. The minimum absolute atomic E-state index is 0.297. The van der Waals surface area contributed by atoms with E-state index in [2.05, 4.69) is 17.0 Å². The van der Waals surface area contributed by atoms with Crippen LogP contribution in [0, 0.1) is 5.92 Å². The number of likely N-dealkylation sites (tertiary alicyclic amines) is 1. The number of carboxylic acids is 1. The molecule has 0 atom stereocenters. The number of hydrogen-bond acceptors (Lipinski definition) is 3. The quantitative estimate of drug-likeness (QED) is 0.898. The molecule has 0 amide bonds. The Bertz CT molecular complexity index is 512. The summed E-state index contributed by atoms with van der Waals surface area (Å²) in [5.74, 6) is -1.03. The predicted octanol–water partition coefficient (Wildman–Crippen LogP) is 2.74. The first kappa shape index (κ1) is 15.5. The smallest absolute Gasteiger partial charge is 0.306 e. The summed E-state index contributed by atoms with van der Waals surface area (Å²) >= 11 is 0. The van der Waals surface area contributed by atoms with Gasteiger partial charge in [-0.25, -0.2) is 0 Å². The van der Waals surface area contributed by atoms with Gasteiger partial charge in [0.2, 0.25) is 0 Å². The van der Waals surface area contributed by atoms with Gasteiger partial charge in [0.25, 0.3) is 0 Å². The maximum Gasteiger partial charge on any atom is 0.306 e. The number of aliphatic hydroxyl groups is 1. The van der Waals surface area contributed by atoms with Crippen molar-refractivity contribution >= 4 is 5.97 Å². The lowest BCUT2D eigenvalue weighted by Crippen LogP contribution is -2.33. The van der Waals surface area contributed by atoms with Gasteiger partial charge in [-0.15, -0.1) is 0 Å². The van der Waals surface area contributed by atoms with E-state index in [1.165, 1.54) is 31.5 Å². The molecule has 0 spiro atoms. The molecule has 2 aliphatic rings. The van der Waals surface area contributed by atoms with E-state index in [9.17, 15) is 9.90 Å². The first-order valence-electron chi connectivity index (χ1n) is 8.34. The number of carbonyl (C=O) groups is 1. The number of aliphatic carboxylic acids is 1. The summed E-state index contributed by atoms with van der Waals surface area (Å²) in [4.78, 5) is 13.5. The van der Waals surface area contributed by atoms with E-state index in [4.69, 9.17) is 5.11 Å². The molecule has 1 saturated carbocycles. The molecule has 0 aromatic heterocycles.